The molecule has 1 atom stereocenters. The number of hydrogen-bond acceptors (Lipinski definition) is 2. The van der Waals surface area contributed by atoms with Crippen LogP contribution in [0.1, 0.15) is 31.2 Å². The Morgan fingerprint density at radius 2 is 2.07 bits per heavy atom. The quantitative estimate of drug-likeness (QED) is 0.773. The van der Waals surface area contributed by atoms with E-state index in [4.69, 9.17) is 0 Å². The fraction of sp³-hybridized carbons (Fsp3) is 0.583. The van der Waals surface area contributed by atoms with E-state index in [1.807, 2.05) is 24.5 Å². The second-order valence-corrected chi connectivity index (χ2v) is 4.23. The fourth-order valence-corrected chi connectivity index (χ4v) is 1.74. The van der Waals surface area contributed by atoms with Gasteiger partial charge in [-0.25, -0.2) is 0 Å². The molecule has 1 aromatic rings. The Morgan fingerprint density at radius 1 is 1.36 bits per heavy atom. The molecule has 2 nitrogen and oxygen atoms in total. The van der Waals surface area contributed by atoms with Crippen molar-refractivity contribution in [3.63, 3.8) is 0 Å². The molecule has 0 radical (unpaired) electrons. The van der Waals surface area contributed by atoms with Crippen molar-refractivity contribution in [2.24, 2.45) is 5.92 Å². The molecule has 1 N–H and O–H groups in total. The summed E-state index contributed by atoms with van der Waals surface area (Å²) in [6, 6.07) is 4.04. The van der Waals surface area contributed by atoms with Gasteiger partial charge >= 0.3 is 0 Å². The summed E-state index contributed by atoms with van der Waals surface area (Å²) in [5.41, 5.74) is 1.27. The van der Waals surface area contributed by atoms with Crippen molar-refractivity contribution in [1.29, 1.82) is 0 Å². The third-order valence-electron chi connectivity index (χ3n) is 2.82. The smallest absolute Gasteiger partial charge is 0.0546 e. The third kappa shape index (κ3) is 3.11. The van der Waals surface area contributed by atoms with Gasteiger partial charge in [0, 0.05) is 12.4 Å². The SMILES string of the molecule is OC(CCc1ccncc1)CC1CC1. The van der Waals surface area contributed by atoms with Crippen molar-refractivity contribution >= 4 is 0 Å². The molecule has 1 aromatic heterocycles. The Bertz CT molecular complexity index is 269. The van der Waals surface area contributed by atoms with Gasteiger partial charge in [0.1, 0.15) is 0 Å². The minimum atomic E-state index is -0.101. The maximum Gasteiger partial charge on any atom is 0.0546 e. The van der Waals surface area contributed by atoms with Crippen molar-refractivity contribution < 1.29 is 5.11 Å². The molecule has 0 amide bonds. The van der Waals surface area contributed by atoms with E-state index < -0.39 is 0 Å². The summed E-state index contributed by atoms with van der Waals surface area (Å²) in [5.74, 6) is 0.822. The number of aliphatic hydroxyl groups is 1. The van der Waals surface area contributed by atoms with Crippen LogP contribution in [-0.2, 0) is 6.42 Å². The van der Waals surface area contributed by atoms with Gasteiger partial charge in [0.15, 0.2) is 0 Å². The molecule has 0 saturated heterocycles. The van der Waals surface area contributed by atoms with E-state index in [-0.39, 0.29) is 6.10 Å². The molecule has 76 valence electrons. The Hall–Kier alpha value is -0.890. The van der Waals surface area contributed by atoms with Gasteiger partial charge in [0.2, 0.25) is 0 Å². The standard InChI is InChI=1S/C12H17NO/c14-12(9-11-1-2-11)4-3-10-5-7-13-8-6-10/h5-8,11-12,14H,1-4,9H2. The van der Waals surface area contributed by atoms with Crippen LogP contribution in [0.15, 0.2) is 24.5 Å². The normalized spacial score (nSPS) is 18.1. The summed E-state index contributed by atoms with van der Waals surface area (Å²) in [6.07, 6.45) is 9.03. The number of nitrogens with zero attached hydrogens (tertiary/aromatic N) is 1. The van der Waals surface area contributed by atoms with E-state index in [2.05, 4.69) is 4.98 Å². The fourth-order valence-electron chi connectivity index (χ4n) is 1.74. The maximum atomic E-state index is 9.71. The highest BCUT2D eigenvalue weighted by atomic mass is 16.3. The molecular formula is C12H17NO. The summed E-state index contributed by atoms with van der Waals surface area (Å²) in [5, 5.41) is 9.71. The Kier molecular flexibility index (Phi) is 3.14. The number of rotatable bonds is 5. The first-order valence-electron chi connectivity index (χ1n) is 5.41. The lowest BCUT2D eigenvalue weighted by Crippen LogP contribution is -2.08. The Labute approximate surface area is 85.0 Å². The number of aliphatic hydroxyl groups excluding tert-OH is 1. The van der Waals surface area contributed by atoms with Crippen molar-refractivity contribution in [3.8, 4) is 0 Å². The summed E-state index contributed by atoms with van der Waals surface area (Å²) in [6.45, 7) is 0. The first-order chi connectivity index (χ1) is 6.84. The molecule has 1 aliphatic rings. The van der Waals surface area contributed by atoms with Gasteiger partial charge in [-0.05, 0) is 42.9 Å². The van der Waals surface area contributed by atoms with Crippen molar-refractivity contribution in [3.05, 3.63) is 30.1 Å². The van der Waals surface area contributed by atoms with Crippen LogP contribution in [0, 0.1) is 5.92 Å². The molecule has 1 heterocycles. The molecule has 2 rings (SSSR count). The topological polar surface area (TPSA) is 33.1 Å². The third-order valence-corrected chi connectivity index (χ3v) is 2.82. The first-order valence-corrected chi connectivity index (χ1v) is 5.41. The van der Waals surface area contributed by atoms with E-state index in [0.29, 0.717) is 0 Å². The lowest BCUT2D eigenvalue weighted by atomic mass is 10.0. The Balaban J connectivity index is 1.70. The number of hydrogen-bond donors (Lipinski definition) is 1. The van der Waals surface area contributed by atoms with Crippen molar-refractivity contribution in [2.75, 3.05) is 0 Å². The average molecular weight is 191 g/mol. The van der Waals surface area contributed by atoms with Crippen LogP contribution in [0.4, 0.5) is 0 Å². The lowest BCUT2D eigenvalue weighted by Gasteiger charge is -2.08. The zero-order valence-electron chi connectivity index (χ0n) is 8.39. The summed E-state index contributed by atoms with van der Waals surface area (Å²) in [7, 11) is 0. The average Bonchev–Trinajstić information content (AvgIpc) is 3.00. The molecule has 1 saturated carbocycles. The van der Waals surface area contributed by atoms with Gasteiger partial charge in [-0.3, -0.25) is 4.98 Å². The van der Waals surface area contributed by atoms with Crippen LogP contribution in [0.25, 0.3) is 0 Å². The van der Waals surface area contributed by atoms with Crippen LogP contribution in [0.5, 0.6) is 0 Å². The predicted molar refractivity (Wildman–Crippen MR) is 55.9 cm³/mol. The molecule has 1 unspecified atom stereocenters. The van der Waals surface area contributed by atoms with Gasteiger partial charge in [-0.15, -0.1) is 0 Å². The van der Waals surface area contributed by atoms with E-state index in [1.165, 1.54) is 18.4 Å². The molecule has 2 heteroatoms. The monoisotopic (exact) mass is 191 g/mol. The second kappa shape index (κ2) is 4.56. The highest BCUT2D eigenvalue weighted by Gasteiger charge is 2.24. The Morgan fingerprint density at radius 3 is 2.71 bits per heavy atom. The molecule has 0 spiro atoms. The lowest BCUT2D eigenvalue weighted by molar-refractivity contribution is 0.148. The van der Waals surface area contributed by atoms with Crippen LogP contribution in [-0.4, -0.2) is 16.2 Å². The highest BCUT2D eigenvalue weighted by Crippen LogP contribution is 2.34. The molecule has 1 fully saturated rings. The number of aromatic nitrogens is 1. The molecule has 0 aliphatic heterocycles. The summed E-state index contributed by atoms with van der Waals surface area (Å²) < 4.78 is 0. The van der Waals surface area contributed by atoms with Crippen molar-refractivity contribution in [1.82, 2.24) is 4.98 Å². The van der Waals surface area contributed by atoms with E-state index >= 15 is 0 Å². The molecule has 14 heavy (non-hydrogen) atoms. The van der Waals surface area contributed by atoms with Crippen LogP contribution in [0.2, 0.25) is 0 Å². The van der Waals surface area contributed by atoms with E-state index in [1.54, 1.807) is 0 Å². The van der Waals surface area contributed by atoms with Gasteiger partial charge in [0.05, 0.1) is 6.10 Å². The molecule has 0 bridgehead atoms. The van der Waals surface area contributed by atoms with Crippen molar-refractivity contribution in [2.45, 2.75) is 38.2 Å². The summed E-state index contributed by atoms with van der Waals surface area (Å²) >= 11 is 0. The minimum Gasteiger partial charge on any atom is -0.393 e. The van der Waals surface area contributed by atoms with Gasteiger partial charge < -0.3 is 5.11 Å². The van der Waals surface area contributed by atoms with Crippen LogP contribution < -0.4 is 0 Å². The van der Waals surface area contributed by atoms with E-state index in [0.717, 1.165) is 25.2 Å². The highest BCUT2D eigenvalue weighted by molar-refractivity contribution is 5.09. The van der Waals surface area contributed by atoms with E-state index in [9.17, 15) is 5.11 Å². The summed E-state index contributed by atoms with van der Waals surface area (Å²) in [4.78, 5) is 3.97. The van der Waals surface area contributed by atoms with Crippen LogP contribution in [0.3, 0.4) is 0 Å². The minimum absolute atomic E-state index is 0.101. The zero-order valence-corrected chi connectivity index (χ0v) is 8.39. The predicted octanol–water partition coefficient (Wildman–Crippen LogP) is 2.18. The number of pyridine rings is 1. The van der Waals surface area contributed by atoms with Gasteiger partial charge in [-0.2, -0.15) is 0 Å². The second-order valence-electron chi connectivity index (χ2n) is 4.23. The van der Waals surface area contributed by atoms with Gasteiger partial charge in [0.25, 0.3) is 0 Å². The largest absolute Gasteiger partial charge is 0.393 e. The van der Waals surface area contributed by atoms with Crippen LogP contribution >= 0.6 is 0 Å². The first kappa shape index (κ1) is 9.66. The molecular weight excluding hydrogens is 174 g/mol. The van der Waals surface area contributed by atoms with Gasteiger partial charge in [-0.1, -0.05) is 12.8 Å². The maximum absolute atomic E-state index is 9.71. The molecule has 0 aromatic carbocycles. The number of aryl methyl sites for hydroxylation is 1. The molecule has 1 aliphatic carbocycles. The zero-order chi connectivity index (χ0) is 9.80.